The Labute approximate surface area is 139 Å². The Kier molecular flexibility index (Phi) is 6.04. The van der Waals surface area contributed by atoms with Crippen molar-refractivity contribution in [2.24, 2.45) is 0 Å². The molecule has 2 N–H and O–H groups in total. The number of nitrogens with zero attached hydrogens (tertiary/aromatic N) is 2. The number of nitrogens with one attached hydrogen (secondary N) is 2. The highest BCUT2D eigenvalue weighted by Gasteiger charge is 2.33. The minimum absolute atomic E-state index is 0.138. The topological polar surface area (TPSA) is 108 Å². The number of aryl methyl sites for hydroxylation is 1. The van der Waals surface area contributed by atoms with Gasteiger partial charge in [0.2, 0.25) is 11.8 Å². The maximum absolute atomic E-state index is 12.0. The van der Waals surface area contributed by atoms with E-state index in [1.54, 1.807) is 13.0 Å². The van der Waals surface area contributed by atoms with Gasteiger partial charge in [0.1, 0.15) is 11.3 Å². The van der Waals surface area contributed by atoms with Gasteiger partial charge in [-0.3, -0.25) is 9.59 Å². The van der Waals surface area contributed by atoms with Crippen molar-refractivity contribution in [3.8, 4) is 6.07 Å². The van der Waals surface area contributed by atoms with E-state index in [-0.39, 0.29) is 23.3 Å². The van der Waals surface area contributed by atoms with Gasteiger partial charge in [0, 0.05) is 6.07 Å². The van der Waals surface area contributed by atoms with Crippen LogP contribution in [-0.2, 0) is 9.59 Å². The molecular weight excluding hydrogens is 316 g/mol. The first-order chi connectivity index (χ1) is 11.0. The van der Waals surface area contributed by atoms with Crippen molar-refractivity contribution in [3.05, 3.63) is 11.8 Å². The normalized spacial score (nSPS) is 16.3. The van der Waals surface area contributed by atoms with Crippen LogP contribution in [0.3, 0.4) is 0 Å². The fourth-order valence-corrected chi connectivity index (χ4v) is 3.18. The third-order valence-electron chi connectivity index (χ3n) is 3.66. The molecule has 1 aromatic rings. The van der Waals surface area contributed by atoms with Gasteiger partial charge in [-0.1, -0.05) is 24.4 Å². The summed E-state index contributed by atoms with van der Waals surface area (Å²) in [5, 5.41) is 18.4. The molecule has 0 atom stereocenters. The SMILES string of the molecule is Cc1cc(NC(=O)CSCC(=O)NC2(C#N)CCCCC2)no1. The van der Waals surface area contributed by atoms with E-state index < -0.39 is 5.54 Å². The number of thioether (sulfide) groups is 1. The number of aromatic nitrogens is 1. The zero-order chi connectivity index (χ0) is 16.7. The van der Waals surface area contributed by atoms with Crippen LogP contribution in [0.5, 0.6) is 0 Å². The molecule has 124 valence electrons. The maximum Gasteiger partial charge on any atom is 0.235 e. The molecule has 1 aliphatic rings. The van der Waals surface area contributed by atoms with Gasteiger partial charge >= 0.3 is 0 Å². The summed E-state index contributed by atoms with van der Waals surface area (Å²) >= 11 is 1.20. The average molecular weight is 336 g/mol. The summed E-state index contributed by atoms with van der Waals surface area (Å²) in [5.41, 5.74) is -0.726. The first-order valence-electron chi connectivity index (χ1n) is 7.56. The van der Waals surface area contributed by atoms with Gasteiger partial charge in [0.15, 0.2) is 5.82 Å². The van der Waals surface area contributed by atoms with Crippen LogP contribution >= 0.6 is 11.8 Å². The molecular formula is C15H20N4O3S. The van der Waals surface area contributed by atoms with E-state index in [0.717, 1.165) is 19.3 Å². The number of rotatable bonds is 6. The van der Waals surface area contributed by atoms with E-state index in [9.17, 15) is 14.9 Å². The Hall–Kier alpha value is -2.01. The lowest BCUT2D eigenvalue weighted by molar-refractivity contribution is -0.120. The third-order valence-corrected chi connectivity index (χ3v) is 4.59. The molecule has 1 saturated carbocycles. The van der Waals surface area contributed by atoms with Gasteiger partial charge in [-0.15, -0.1) is 11.8 Å². The molecule has 0 aromatic carbocycles. The summed E-state index contributed by atoms with van der Waals surface area (Å²) in [7, 11) is 0. The molecule has 1 fully saturated rings. The van der Waals surface area contributed by atoms with Crippen LogP contribution in [0.1, 0.15) is 37.9 Å². The van der Waals surface area contributed by atoms with Crippen LogP contribution in [0, 0.1) is 18.3 Å². The van der Waals surface area contributed by atoms with Gasteiger partial charge in [-0.2, -0.15) is 5.26 Å². The number of nitriles is 1. The number of carbonyl (C=O) groups excluding carboxylic acids is 2. The maximum atomic E-state index is 12.0. The predicted octanol–water partition coefficient (Wildman–Crippen LogP) is 2.00. The highest BCUT2D eigenvalue weighted by molar-refractivity contribution is 8.00. The number of anilines is 1. The highest BCUT2D eigenvalue weighted by Crippen LogP contribution is 2.27. The van der Waals surface area contributed by atoms with Crippen molar-refractivity contribution in [2.75, 3.05) is 16.8 Å². The Morgan fingerprint density at radius 2 is 2.04 bits per heavy atom. The number of hydrogen-bond acceptors (Lipinski definition) is 6. The van der Waals surface area contributed by atoms with E-state index in [4.69, 9.17) is 4.52 Å². The van der Waals surface area contributed by atoms with E-state index in [1.807, 2.05) is 0 Å². The van der Waals surface area contributed by atoms with Crippen molar-refractivity contribution in [1.29, 1.82) is 5.26 Å². The lowest BCUT2D eigenvalue weighted by Crippen LogP contribution is -2.49. The first kappa shape index (κ1) is 17.3. The second-order valence-electron chi connectivity index (χ2n) is 5.67. The Balaban J connectivity index is 1.70. The van der Waals surface area contributed by atoms with Crippen LogP contribution < -0.4 is 10.6 Å². The standard InChI is InChI=1S/C15H20N4O3S/c1-11-7-12(19-22-11)17-13(20)8-23-9-14(21)18-15(10-16)5-3-2-4-6-15/h7H,2-6,8-9H2,1H3,(H,18,21)(H,17,19,20). The molecule has 0 radical (unpaired) electrons. The molecule has 1 aromatic heterocycles. The van der Waals surface area contributed by atoms with Gasteiger partial charge in [0.05, 0.1) is 17.6 Å². The smallest absolute Gasteiger partial charge is 0.235 e. The second-order valence-corrected chi connectivity index (χ2v) is 6.65. The molecule has 2 amide bonds. The van der Waals surface area contributed by atoms with E-state index in [0.29, 0.717) is 24.4 Å². The van der Waals surface area contributed by atoms with Crippen LogP contribution in [0.15, 0.2) is 10.6 Å². The molecule has 23 heavy (non-hydrogen) atoms. The molecule has 7 nitrogen and oxygen atoms in total. The van der Waals surface area contributed by atoms with E-state index >= 15 is 0 Å². The summed E-state index contributed by atoms with van der Waals surface area (Å²) in [5.74, 6) is 0.810. The predicted molar refractivity (Wildman–Crippen MR) is 86.8 cm³/mol. The summed E-state index contributed by atoms with van der Waals surface area (Å²) in [6.07, 6.45) is 4.43. The fraction of sp³-hybridized carbons (Fsp3) is 0.600. The summed E-state index contributed by atoms with van der Waals surface area (Å²) in [4.78, 5) is 23.7. The minimum atomic E-state index is -0.726. The molecule has 2 rings (SSSR count). The van der Waals surface area contributed by atoms with Gasteiger partial charge in [0.25, 0.3) is 0 Å². The fourth-order valence-electron chi connectivity index (χ4n) is 2.56. The van der Waals surface area contributed by atoms with Crippen LogP contribution in [0.2, 0.25) is 0 Å². The Morgan fingerprint density at radius 1 is 1.35 bits per heavy atom. The van der Waals surface area contributed by atoms with Crippen LogP contribution in [0.25, 0.3) is 0 Å². The Bertz CT molecular complexity index is 602. The van der Waals surface area contributed by atoms with Crippen molar-refractivity contribution >= 4 is 29.4 Å². The summed E-state index contributed by atoms with van der Waals surface area (Å²) in [6.45, 7) is 1.73. The minimum Gasteiger partial charge on any atom is -0.360 e. The van der Waals surface area contributed by atoms with Crippen molar-refractivity contribution in [1.82, 2.24) is 10.5 Å². The molecule has 0 spiro atoms. The summed E-state index contributed by atoms with van der Waals surface area (Å²) in [6, 6.07) is 3.86. The highest BCUT2D eigenvalue weighted by atomic mass is 32.2. The number of hydrogen-bond donors (Lipinski definition) is 2. The molecule has 8 heteroatoms. The van der Waals surface area contributed by atoms with Gasteiger partial charge < -0.3 is 15.2 Å². The quantitative estimate of drug-likeness (QED) is 0.822. The zero-order valence-electron chi connectivity index (χ0n) is 13.1. The molecule has 0 unspecified atom stereocenters. The monoisotopic (exact) mass is 336 g/mol. The lowest BCUT2D eigenvalue weighted by atomic mass is 9.83. The Morgan fingerprint density at radius 3 is 2.65 bits per heavy atom. The van der Waals surface area contributed by atoms with Crippen molar-refractivity contribution in [3.63, 3.8) is 0 Å². The first-order valence-corrected chi connectivity index (χ1v) is 8.72. The molecule has 0 aliphatic heterocycles. The van der Waals surface area contributed by atoms with E-state index in [2.05, 4.69) is 21.9 Å². The van der Waals surface area contributed by atoms with E-state index in [1.165, 1.54) is 11.8 Å². The van der Waals surface area contributed by atoms with Crippen molar-refractivity contribution in [2.45, 2.75) is 44.6 Å². The molecule has 0 saturated heterocycles. The summed E-state index contributed by atoms with van der Waals surface area (Å²) < 4.78 is 4.85. The number of amides is 2. The van der Waals surface area contributed by atoms with Gasteiger partial charge in [-0.25, -0.2) is 0 Å². The average Bonchev–Trinajstić information content (AvgIpc) is 2.93. The van der Waals surface area contributed by atoms with Crippen LogP contribution in [0.4, 0.5) is 5.82 Å². The number of carbonyl (C=O) groups is 2. The second kappa shape index (κ2) is 8.02. The molecule has 1 heterocycles. The molecule has 0 bridgehead atoms. The van der Waals surface area contributed by atoms with Crippen molar-refractivity contribution < 1.29 is 14.1 Å². The third kappa shape index (κ3) is 5.28. The van der Waals surface area contributed by atoms with Crippen LogP contribution in [-0.4, -0.2) is 34.0 Å². The lowest BCUT2D eigenvalue weighted by Gasteiger charge is -2.31. The zero-order valence-corrected chi connectivity index (χ0v) is 13.9. The molecule has 1 aliphatic carbocycles. The van der Waals surface area contributed by atoms with Gasteiger partial charge in [-0.05, 0) is 19.8 Å². The largest absolute Gasteiger partial charge is 0.360 e.